The maximum Gasteiger partial charge on any atom is 0.182 e. The van der Waals surface area contributed by atoms with Gasteiger partial charge in [-0.2, -0.15) is 0 Å². The summed E-state index contributed by atoms with van der Waals surface area (Å²) >= 11 is 5.83. The number of hydrogen-bond acceptors (Lipinski definition) is 3. The van der Waals surface area contributed by atoms with Crippen LogP contribution in [0.5, 0.6) is 0 Å². The quantitative estimate of drug-likeness (QED) is 0.0898. The first-order valence-corrected chi connectivity index (χ1v) is 37.3. The SMILES string of the molecule is c1ccc([Si](c2ccccc2)(c2cccc(-c3cc(-c4ccc5c(c4)sc4c([Si](c6ccccc6)(c6ccccc6)c6cccc7c6sc6ccccc67)cccc45)cc4c3sc3ccccc34)c2)c2cccc(-n3c4ccccc4c4ccccc43)c2)cc1. The van der Waals surface area contributed by atoms with Crippen molar-refractivity contribution >= 4 is 174 Å². The normalized spacial score (nSPS) is 12.2. The van der Waals surface area contributed by atoms with Crippen LogP contribution in [0.4, 0.5) is 0 Å². The molecule has 0 unspecified atom stereocenters. The van der Waals surface area contributed by atoms with Crippen LogP contribution >= 0.6 is 34.0 Å². The van der Waals surface area contributed by atoms with Crippen molar-refractivity contribution in [2.75, 3.05) is 0 Å². The maximum absolute atomic E-state index is 3.08. The van der Waals surface area contributed by atoms with Crippen molar-refractivity contribution in [1.29, 1.82) is 0 Å². The fraction of sp³-hybridized carbons (Fsp3) is 0. The first kappa shape index (κ1) is 53.0. The molecule has 0 N–H and O–H groups in total. The van der Waals surface area contributed by atoms with Crippen LogP contribution in [0.15, 0.2) is 334 Å². The molecule has 4 heterocycles. The lowest BCUT2D eigenvalue weighted by Crippen LogP contribution is -2.74. The molecule has 0 saturated heterocycles. The van der Waals surface area contributed by atoms with Crippen LogP contribution in [-0.4, -0.2) is 20.7 Å². The summed E-state index contributed by atoms with van der Waals surface area (Å²) in [7, 11) is -6.10. The van der Waals surface area contributed by atoms with E-state index >= 15 is 0 Å². The Morgan fingerprint density at radius 2 is 0.644 bits per heavy atom. The molecule has 0 saturated carbocycles. The Labute approximate surface area is 536 Å². The number of nitrogens with zero attached hydrogens (tertiary/aromatic N) is 1. The van der Waals surface area contributed by atoms with Crippen molar-refractivity contribution in [1.82, 2.24) is 4.57 Å². The van der Waals surface area contributed by atoms with Crippen LogP contribution in [0.25, 0.3) is 110 Å². The van der Waals surface area contributed by atoms with Crippen LogP contribution in [-0.2, 0) is 0 Å². The topological polar surface area (TPSA) is 4.93 Å². The third-order valence-corrected chi connectivity index (χ3v) is 32.7. The summed E-state index contributed by atoms with van der Waals surface area (Å²) in [4.78, 5) is 0. The van der Waals surface area contributed by atoms with Gasteiger partial charge in [-0.05, 0) is 113 Å². The second kappa shape index (κ2) is 21.3. The van der Waals surface area contributed by atoms with E-state index in [1.165, 1.54) is 146 Å². The van der Waals surface area contributed by atoms with Gasteiger partial charge in [-0.25, -0.2) is 0 Å². The van der Waals surface area contributed by atoms with Gasteiger partial charge in [0.05, 0.1) is 11.0 Å². The molecule has 4 aromatic heterocycles. The van der Waals surface area contributed by atoms with Gasteiger partial charge in [0.15, 0.2) is 16.1 Å². The average molecular weight is 1230 g/mol. The van der Waals surface area contributed by atoms with E-state index < -0.39 is 16.1 Å². The van der Waals surface area contributed by atoms with Gasteiger partial charge in [0.1, 0.15) is 0 Å². The minimum absolute atomic E-state index is 1.16. The zero-order valence-electron chi connectivity index (χ0n) is 48.9. The largest absolute Gasteiger partial charge is 0.309 e. The molecule has 0 radical (unpaired) electrons. The van der Waals surface area contributed by atoms with Crippen molar-refractivity contribution in [3.8, 4) is 27.9 Å². The van der Waals surface area contributed by atoms with Crippen molar-refractivity contribution < 1.29 is 0 Å². The third-order valence-electron chi connectivity index (χ3n) is 19.1. The predicted octanol–water partition coefficient (Wildman–Crippen LogP) is 18.0. The molecule has 90 heavy (non-hydrogen) atoms. The molecule has 0 fully saturated rings. The van der Waals surface area contributed by atoms with Crippen LogP contribution in [0.2, 0.25) is 0 Å². The number of benzene rings is 14. The zero-order valence-corrected chi connectivity index (χ0v) is 53.4. The smallest absolute Gasteiger partial charge is 0.182 e. The standard InChI is InChI=1S/C84H55NS3Si2/c1-5-27-60(28-6-1)89(61-29-7-2-8-30-61,65-36-22-26-59(55-65)85-75-43-17-13-37-66(75)67-38-14-18-44-76(67)85)64-35-21-25-57(51-64)73-52-58(53-74-69-40-16-20-46-78(69)86-82(73)74)56-49-50-70-72-42-24-48-81(84(72)88-79(70)54-56)90(62-31-9-3-10-32-62,63-33-11-4-12-34-63)80-47-23-41-71-68-39-15-19-45-77(68)87-83(71)80/h1-55H. The molecule has 422 valence electrons. The molecule has 0 aliphatic rings. The van der Waals surface area contributed by atoms with E-state index in [-0.39, 0.29) is 0 Å². The summed E-state index contributed by atoms with van der Waals surface area (Å²) in [5.41, 5.74) is 8.48. The van der Waals surface area contributed by atoms with Crippen LogP contribution in [0.3, 0.4) is 0 Å². The zero-order chi connectivity index (χ0) is 59.3. The van der Waals surface area contributed by atoms with Gasteiger partial charge in [-0.3, -0.25) is 0 Å². The fourth-order valence-electron chi connectivity index (χ4n) is 15.2. The van der Waals surface area contributed by atoms with E-state index in [4.69, 9.17) is 0 Å². The van der Waals surface area contributed by atoms with Crippen molar-refractivity contribution in [3.63, 3.8) is 0 Å². The molecule has 1 nitrogen and oxygen atoms in total. The van der Waals surface area contributed by atoms with Gasteiger partial charge in [0, 0.05) is 82.5 Å². The number of rotatable bonds is 11. The Morgan fingerprint density at radius 1 is 0.222 bits per heavy atom. The molecule has 0 aliphatic heterocycles. The molecule has 6 heteroatoms. The Bertz CT molecular complexity index is 5670. The van der Waals surface area contributed by atoms with Crippen LogP contribution in [0.1, 0.15) is 0 Å². The van der Waals surface area contributed by atoms with E-state index in [9.17, 15) is 0 Å². The number of para-hydroxylation sites is 2. The van der Waals surface area contributed by atoms with E-state index in [2.05, 4.69) is 338 Å². The second-order valence-electron chi connectivity index (χ2n) is 23.7. The molecule has 0 amide bonds. The minimum Gasteiger partial charge on any atom is -0.309 e. The maximum atomic E-state index is 2.56. The lowest BCUT2D eigenvalue weighted by Gasteiger charge is -2.35. The van der Waals surface area contributed by atoms with E-state index in [0.717, 1.165) is 5.69 Å². The van der Waals surface area contributed by atoms with Crippen molar-refractivity contribution in [2.24, 2.45) is 0 Å². The molecular weight excluding hydrogens is 1180 g/mol. The van der Waals surface area contributed by atoms with Gasteiger partial charge in [-0.15, -0.1) is 34.0 Å². The first-order chi connectivity index (χ1) is 44.6. The summed E-state index contributed by atoms with van der Waals surface area (Å²) in [6.07, 6.45) is 0. The average Bonchev–Trinajstić information content (AvgIpc) is 1.23. The first-order valence-electron chi connectivity index (χ1n) is 30.9. The van der Waals surface area contributed by atoms with Crippen LogP contribution in [0, 0.1) is 0 Å². The van der Waals surface area contributed by atoms with Gasteiger partial charge in [0.25, 0.3) is 0 Å². The summed E-state index contributed by atoms with van der Waals surface area (Å²) in [6, 6.07) is 127. The van der Waals surface area contributed by atoms with Crippen LogP contribution < -0.4 is 41.5 Å². The number of fused-ring (bicyclic) bond motifs is 12. The molecule has 0 aliphatic carbocycles. The Morgan fingerprint density at radius 3 is 1.22 bits per heavy atom. The summed E-state index contributed by atoms with van der Waals surface area (Å²) < 4.78 is 10.4. The Balaban J connectivity index is 0.841. The van der Waals surface area contributed by atoms with E-state index in [1.807, 2.05) is 34.0 Å². The number of thiophene rings is 3. The summed E-state index contributed by atoms with van der Waals surface area (Å²) in [6.45, 7) is 0. The van der Waals surface area contributed by atoms with Crippen molar-refractivity contribution in [2.45, 2.75) is 0 Å². The molecule has 14 aromatic carbocycles. The fourth-order valence-corrected chi connectivity index (χ4v) is 29.6. The highest BCUT2D eigenvalue weighted by molar-refractivity contribution is 7.33. The lowest BCUT2D eigenvalue weighted by molar-refractivity contribution is 1.18. The number of aromatic nitrogens is 1. The second-order valence-corrected chi connectivity index (χ2v) is 34.4. The molecule has 0 bridgehead atoms. The van der Waals surface area contributed by atoms with E-state index in [0.29, 0.717) is 0 Å². The number of hydrogen-bond donors (Lipinski definition) is 0. The van der Waals surface area contributed by atoms with Crippen molar-refractivity contribution in [3.05, 3.63) is 334 Å². The lowest BCUT2D eigenvalue weighted by atomic mass is 9.95. The highest BCUT2D eigenvalue weighted by Gasteiger charge is 2.45. The van der Waals surface area contributed by atoms with Gasteiger partial charge >= 0.3 is 0 Å². The summed E-state index contributed by atoms with van der Waals surface area (Å²) in [5.74, 6) is 0. The monoisotopic (exact) mass is 1230 g/mol. The molecule has 0 atom stereocenters. The van der Waals surface area contributed by atoms with E-state index in [1.54, 1.807) is 0 Å². The van der Waals surface area contributed by atoms with Gasteiger partial charge in [-0.1, -0.05) is 279 Å². The highest BCUT2D eigenvalue weighted by atomic mass is 32.1. The molecular formula is C84H55NS3Si2. The highest BCUT2D eigenvalue weighted by Crippen LogP contribution is 2.45. The third kappa shape index (κ3) is 8.09. The molecule has 18 rings (SSSR count). The molecule has 0 spiro atoms. The van der Waals surface area contributed by atoms with Gasteiger partial charge in [0.2, 0.25) is 0 Å². The van der Waals surface area contributed by atoms with Gasteiger partial charge < -0.3 is 4.57 Å². The summed E-state index contributed by atoms with van der Waals surface area (Å²) in [5, 5.41) is 21.4. The Hall–Kier alpha value is -10.0. The Kier molecular flexibility index (Phi) is 12.6. The molecule has 18 aromatic rings. The predicted molar refractivity (Wildman–Crippen MR) is 398 cm³/mol. The minimum atomic E-state index is -3.08.